The normalized spacial score (nSPS) is 11.5. The number of hydrogen-bond acceptors (Lipinski definition) is 5. The van der Waals surface area contributed by atoms with Gasteiger partial charge in [-0.25, -0.2) is 0 Å². The molecule has 16 heavy (non-hydrogen) atoms. The molecule has 0 unspecified atom stereocenters. The largest absolute Gasteiger partial charge is 0.488 e. The summed E-state index contributed by atoms with van der Waals surface area (Å²) >= 11 is 4.09. The Kier molecular flexibility index (Phi) is 4.17. The maximum atomic E-state index is 12.4. The number of nitrogens with two attached hydrogens (primary N) is 1. The molecule has 0 spiro atoms. The highest BCUT2D eigenvalue weighted by Crippen LogP contribution is 2.26. The monoisotopic (exact) mass is 265 g/mol. The van der Waals surface area contributed by atoms with Gasteiger partial charge in [0.25, 0.3) is 0 Å². The van der Waals surface area contributed by atoms with Crippen LogP contribution in [-0.2, 0) is 22.8 Å². The smallest absolute Gasteiger partial charge is 0.358 e. The number of rotatable bonds is 4. The van der Waals surface area contributed by atoms with Crippen molar-refractivity contribution in [2.45, 2.75) is 19.2 Å². The summed E-state index contributed by atoms with van der Waals surface area (Å²) in [6.45, 7) is 1.84. The predicted octanol–water partition coefficient (Wildman–Crippen LogP) is 1.48. The van der Waals surface area contributed by atoms with Crippen LogP contribution in [0.15, 0.2) is 12.1 Å². The maximum absolute atomic E-state index is 12.4. The molecule has 0 aromatic heterocycles. The molecule has 0 aliphatic carbocycles. The summed E-state index contributed by atoms with van der Waals surface area (Å²) in [6.07, 6.45) is 0. The molecular formula is C9H12FNO3S2. The molecule has 7 heteroatoms. The van der Waals surface area contributed by atoms with E-state index in [4.69, 9.17) is 5.73 Å². The first kappa shape index (κ1) is 13.3. The summed E-state index contributed by atoms with van der Waals surface area (Å²) in [6, 6.07) is 3.18. The quantitative estimate of drug-likeness (QED) is 0.639. The second-order valence-electron chi connectivity index (χ2n) is 3.22. The predicted molar refractivity (Wildman–Crippen MR) is 62.4 cm³/mol. The van der Waals surface area contributed by atoms with Gasteiger partial charge < -0.3 is 9.92 Å². The lowest BCUT2D eigenvalue weighted by Crippen LogP contribution is -2.06. The van der Waals surface area contributed by atoms with E-state index < -0.39 is 10.5 Å². The van der Waals surface area contributed by atoms with Gasteiger partial charge in [0.05, 0.1) is 0 Å². The molecule has 0 bridgehead atoms. The fourth-order valence-corrected chi connectivity index (χ4v) is 2.00. The lowest BCUT2D eigenvalue weighted by molar-refractivity contribution is 0.438. The second-order valence-corrected chi connectivity index (χ2v) is 4.49. The van der Waals surface area contributed by atoms with Crippen LogP contribution in [0.3, 0.4) is 0 Å². The van der Waals surface area contributed by atoms with E-state index in [9.17, 15) is 12.3 Å². The fraction of sp³-hybridized carbons (Fsp3) is 0.333. The molecule has 1 rings (SSSR count). The van der Waals surface area contributed by atoms with Gasteiger partial charge in [-0.3, -0.25) is 0 Å². The summed E-state index contributed by atoms with van der Waals surface area (Å²) in [7, 11) is -5.02. The molecule has 1 aromatic carbocycles. The van der Waals surface area contributed by atoms with E-state index in [1.165, 1.54) is 6.07 Å². The lowest BCUT2D eigenvalue weighted by Gasteiger charge is -2.10. The molecular weight excluding hydrogens is 253 g/mol. The van der Waals surface area contributed by atoms with Crippen molar-refractivity contribution in [2.75, 3.05) is 0 Å². The zero-order chi connectivity index (χ0) is 12.3. The first-order valence-electron chi connectivity index (χ1n) is 4.44. The Morgan fingerprint density at radius 1 is 1.50 bits per heavy atom. The zero-order valence-corrected chi connectivity index (χ0v) is 10.3. The highest BCUT2D eigenvalue weighted by Gasteiger charge is 2.14. The van der Waals surface area contributed by atoms with Gasteiger partial charge in [-0.15, -0.1) is 0 Å². The fourth-order valence-electron chi connectivity index (χ4n) is 1.28. The maximum Gasteiger partial charge on any atom is 0.488 e. The molecule has 0 fully saturated rings. The second kappa shape index (κ2) is 5.03. The first-order chi connectivity index (χ1) is 7.37. The number of hydrogen-bond donors (Lipinski definition) is 2. The molecule has 0 atom stereocenters. The Labute approximate surface area is 99.4 Å². The van der Waals surface area contributed by atoms with Gasteiger partial charge >= 0.3 is 10.5 Å². The Morgan fingerprint density at radius 2 is 2.12 bits per heavy atom. The standard InChI is InChI=1S/C9H12FNO3S2/c1-6-8(5-15)2-7(4-11)3-9(6)14-16(10,12)13/h2-3,15H,4-5,11H2,1H3. The third-order valence-corrected chi connectivity index (χ3v) is 2.84. The molecule has 1 aromatic rings. The average molecular weight is 265 g/mol. The van der Waals surface area contributed by atoms with Gasteiger partial charge in [0.15, 0.2) is 0 Å². The summed E-state index contributed by atoms with van der Waals surface area (Å²) < 4.78 is 37.5. The van der Waals surface area contributed by atoms with Crippen LogP contribution < -0.4 is 9.92 Å². The number of benzene rings is 1. The Hall–Kier alpha value is -0.790. The van der Waals surface area contributed by atoms with Crippen LogP contribution in [0, 0.1) is 6.92 Å². The summed E-state index contributed by atoms with van der Waals surface area (Å²) in [5.74, 6) is 0.344. The van der Waals surface area contributed by atoms with Crippen LogP contribution >= 0.6 is 12.6 Å². The highest BCUT2D eigenvalue weighted by atomic mass is 32.3. The van der Waals surface area contributed by atoms with Gasteiger partial charge in [0.2, 0.25) is 0 Å². The molecule has 4 nitrogen and oxygen atoms in total. The van der Waals surface area contributed by atoms with Crippen molar-refractivity contribution >= 4 is 23.1 Å². The van der Waals surface area contributed by atoms with Gasteiger partial charge in [-0.1, -0.05) is 9.95 Å². The van der Waals surface area contributed by atoms with E-state index in [1.54, 1.807) is 13.0 Å². The third kappa shape index (κ3) is 3.36. The van der Waals surface area contributed by atoms with Crippen molar-refractivity contribution in [3.63, 3.8) is 0 Å². The van der Waals surface area contributed by atoms with E-state index in [-0.39, 0.29) is 12.3 Å². The van der Waals surface area contributed by atoms with Crippen molar-refractivity contribution in [1.29, 1.82) is 0 Å². The molecule has 0 heterocycles. The van der Waals surface area contributed by atoms with Crippen molar-refractivity contribution in [1.82, 2.24) is 0 Å². The van der Waals surface area contributed by atoms with Crippen molar-refractivity contribution in [2.24, 2.45) is 5.73 Å². The Morgan fingerprint density at radius 3 is 2.56 bits per heavy atom. The summed E-state index contributed by atoms with van der Waals surface area (Å²) in [5.41, 5.74) is 7.38. The van der Waals surface area contributed by atoms with Crippen LogP contribution in [-0.4, -0.2) is 8.42 Å². The average Bonchev–Trinajstić information content (AvgIpc) is 2.19. The van der Waals surface area contributed by atoms with Crippen LogP contribution in [0.2, 0.25) is 0 Å². The van der Waals surface area contributed by atoms with Crippen LogP contribution in [0.4, 0.5) is 3.89 Å². The van der Waals surface area contributed by atoms with E-state index in [0.717, 1.165) is 5.56 Å². The van der Waals surface area contributed by atoms with Crippen molar-refractivity contribution in [3.05, 3.63) is 28.8 Å². The minimum atomic E-state index is -5.02. The van der Waals surface area contributed by atoms with E-state index in [0.29, 0.717) is 16.9 Å². The Bertz CT molecular complexity index is 488. The van der Waals surface area contributed by atoms with Gasteiger partial charge in [0.1, 0.15) is 5.75 Å². The molecule has 0 radical (unpaired) electrons. The SMILES string of the molecule is Cc1c(CS)cc(CN)cc1OS(=O)(=O)F. The third-order valence-electron chi connectivity index (χ3n) is 2.12. The van der Waals surface area contributed by atoms with Gasteiger partial charge in [-0.2, -0.15) is 21.0 Å². The minimum Gasteiger partial charge on any atom is -0.358 e. The topological polar surface area (TPSA) is 69.4 Å². The number of thiol groups is 1. The molecule has 2 N–H and O–H groups in total. The first-order valence-corrected chi connectivity index (χ1v) is 6.39. The molecule has 0 saturated carbocycles. The molecule has 0 aliphatic heterocycles. The van der Waals surface area contributed by atoms with Crippen molar-refractivity contribution in [3.8, 4) is 5.75 Å². The highest BCUT2D eigenvalue weighted by molar-refractivity contribution is 7.81. The van der Waals surface area contributed by atoms with Crippen LogP contribution in [0.1, 0.15) is 16.7 Å². The van der Waals surface area contributed by atoms with E-state index in [1.807, 2.05) is 0 Å². The van der Waals surface area contributed by atoms with E-state index >= 15 is 0 Å². The molecule has 90 valence electrons. The van der Waals surface area contributed by atoms with Crippen molar-refractivity contribution < 1.29 is 16.5 Å². The van der Waals surface area contributed by atoms with Gasteiger partial charge in [-0.05, 0) is 29.7 Å². The molecule has 0 saturated heterocycles. The molecule has 0 amide bonds. The summed E-state index contributed by atoms with van der Waals surface area (Å²) in [5, 5.41) is 0. The minimum absolute atomic E-state index is 0.0468. The zero-order valence-electron chi connectivity index (χ0n) is 8.60. The summed E-state index contributed by atoms with van der Waals surface area (Å²) in [4.78, 5) is 0. The van der Waals surface area contributed by atoms with Crippen LogP contribution in [0.5, 0.6) is 5.75 Å². The van der Waals surface area contributed by atoms with Gasteiger partial charge in [0, 0.05) is 12.3 Å². The Balaban J connectivity index is 3.26. The molecule has 0 aliphatic rings. The van der Waals surface area contributed by atoms with Crippen LogP contribution in [0.25, 0.3) is 0 Å². The lowest BCUT2D eigenvalue weighted by atomic mass is 10.1. The number of halogens is 1. The van der Waals surface area contributed by atoms with E-state index in [2.05, 4.69) is 16.8 Å².